The first kappa shape index (κ1) is 31.4. The lowest BCUT2D eigenvalue weighted by molar-refractivity contribution is 0.580. The van der Waals surface area contributed by atoms with Gasteiger partial charge in [-0.3, -0.25) is 0 Å². The molecule has 242 valence electrons. The first-order valence-electron chi connectivity index (χ1n) is 17.7. The number of hydrogen-bond donors (Lipinski definition) is 0. The number of allylic oxidation sites excluding steroid dienone is 2. The molecule has 1 nitrogen and oxygen atoms in total. The molecule has 7 aromatic carbocycles. The zero-order chi connectivity index (χ0) is 33.9. The third-order valence-corrected chi connectivity index (χ3v) is 10.3. The molecule has 0 saturated carbocycles. The van der Waals surface area contributed by atoms with E-state index in [0.29, 0.717) is 5.92 Å². The molecule has 2 unspecified atom stereocenters. The second kappa shape index (κ2) is 13.5. The van der Waals surface area contributed by atoms with Crippen molar-refractivity contribution >= 4 is 17.1 Å². The summed E-state index contributed by atoms with van der Waals surface area (Å²) in [5.41, 5.74) is 14.7. The minimum atomic E-state index is -0.182. The smallest absolute Gasteiger partial charge is 0.0540 e. The lowest BCUT2D eigenvalue weighted by Gasteiger charge is -2.31. The summed E-state index contributed by atoms with van der Waals surface area (Å²) in [6, 6.07) is 66.3. The molecule has 0 aromatic heterocycles. The Morgan fingerprint density at radius 2 is 1.08 bits per heavy atom. The van der Waals surface area contributed by atoms with Gasteiger partial charge in [0.15, 0.2) is 0 Å². The molecule has 0 spiro atoms. The van der Waals surface area contributed by atoms with Crippen molar-refractivity contribution in [3.05, 3.63) is 211 Å². The predicted octanol–water partition coefficient (Wildman–Crippen LogP) is 13.5. The fraction of sp³-hybridized carbons (Fsp3) is 0.102. The highest BCUT2D eigenvalue weighted by Crippen LogP contribution is 2.53. The quantitative estimate of drug-likeness (QED) is 0.149. The largest absolute Gasteiger partial charge is 0.310 e. The Morgan fingerprint density at radius 1 is 0.520 bits per heavy atom. The van der Waals surface area contributed by atoms with Gasteiger partial charge in [0.25, 0.3) is 0 Å². The summed E-state index contributed by atoms with van der Waals surface area (Å²) in [6.45, 7) is 4.53. The van der Waals surface area contributed by atoms with E-state index in [0.717, 1.165) is 23.5 Å². The maximum atomic E-state index is 2.46. The first-order valence-corrected chi connectivity index (χ1v) is 17.7. The van der Waals surface area contributed by atoms with Crippen LogP contribution in [0.15, 0.2) is 194 Å². The zero-order valence-corrected chi connectivity index (χ0v) is 28.7. The number of benzene rings is 7. The molecule has 2 atom stereocenters. The molecular weight excluding hydrogens is 603 g/mol. The van der Waals surface area contributed by atoms with Crippen molar-refractivity contribution < 1.29 is 0 Å². The van der Waals surface area contributed by atoms with E-state index in [-0.39, 0.29) is 5.41 Å². The molecule has 8 rings (SSSR count). The van der Waals surface area contributed by atoms with Gasteiger partial charge in [0.1, 0.15) is 0 Å². The predicted molar refractivity (Wildman–Crippen MR) is 213 cm³/mol. The van der Waals surface area contributed by atoms with Gasteiger partial charge >= 0.3 is 0 Å². The molecule has 0 N–H and O–H groups in total. The Hall–Kier alpha value is -5.92. The Labute approximate surface area is 296 Å². The molecule has 7 aromatic rings. The molecule has 0 bridgehead atoms. The van der Waals surface area contributed by atoms with Crippen LogP contribution in [0.3, 0.4) is 0 Å². The maximum absolute atomic E-state index is 2.46. The van der Waals surface area contributed by atoms with Crippen LogP contribution in [-0.2, 0) is 5.41 Å². The summed E-state index contributed by atoms with van der Waals surface area (Å²) in [6.07, 6.45) is 5.71. The Bertz CT molecular complexity index is 2250. The molecule has 1 aliphatic carbocycles. The van der Waals surface area contributed by atoms with Crippen molar-refractivity contribution in [2.24, 2.45) is 0 Å². The molecule has 0 fully saturated rings. The monoisotopic (exact) mass is 643 g/mol. The van der Waals surface area contributed by atoms with Crippen LogP contribution in [0.25, 0.3) is 33.4 Å². The molecule has 0 amide bonds. The van der Waals surface area contributed by atoms with Gasteiger partial charge in [-0.1, -0.05) is 165 Å². The normalized spacial score (nSPS) is 16.7. The lowest BCUT2D eigenvalue weighted by Crippen LogP contribution is -2.22. The van der Waals surface area contributed by atoms with Crippen molar-refractivity contribution in [1.29, 1.82) is 0 Å². The zero-order valence-electron chi connectivity index (χ0n) is 28.7. The van der Waals surface area contributed by atoms with E-state index >= 15 is 0 Å². The van der Waals surface area contributed by atoms with Gasteiger partial charge in [0.2, 0.25) is 0 Å². The van der Waals surface area contributed by atoms with Crippen molar-refractivity contribution in [2.75, 3.05) is 4.90 Å². The summed E-state index contributed by atoms with van der Waals surface area (Å²) < 4.78 is 0. The number of fused-ring (bicyclic) bond motifs is 1. The van der Waals surface area contributed by atoms with Crippen LogP contribution < -0.4 is 4.90 Å². The van der Waals surface area contributed by atoms with Gasteiger partial charge in [-0.25, -0.2) is 0 Å². The van der Waals surface area contributed by atoms with Crippen LogP contribution in [0.4, 0.5) is 17.1 Å². The fourth-order valence-corrected chi connectivity index (χ4v) is 8.02. The Balaban J connectivity index is 1.28. The summed E-state index contributed by atoms with van der Waals surface area (Å²) in [4.78, 5) is 2.45. The molecule has 50 heavy (non-hydrogen) atoms. The van der Waals surface area contributed by atoms with Gasteiger partial charge in [-0.15, -0.1) is 0 Å². The third-order valence-electron chi connectivity index (χ3n) is 10.3. The number of para-hydroxylation sites is 1. The highest BCUT2D eigenvalue weighted by atomic mass is 15.1. The van der Waals surface area contributed by atoms with E-state index in [9.17, 15) is 0 Å². The van der Waals surface area contributed by atoms with Crippen molar-refractivity contribution in [3.63, 3.8) is 0 Å². The van der Waals surface area contributed by atoms with Gasteiger partial charge in [-0.2, -0.15) is 0 Å². The fourth-order valence-electron chi connectivity index (χ4n) is 8.02. The summed E-state index contributed by atoms with van der Waals surface area (Å²) in [7, 11) is 0. The number of rotatable bonds is 8. The lowest BCUT2D eigenvalue weighted by atomic mass is 9.74. The third kappa shape index (κ3) is 5.76. The average molecular weight is 644 g/mol. The van der Waals surface area contributed by atoms with Crippen molar-refractivity contribution in [2.45, 2.75) is 31.6 Å². The van der Waals surface area contributed by atoms with Crippen LogP contribution >= 0.6 is 0 Å². The van der Waals surface area contributed by atoms with Gasteiger partial charge in [-0.05, 0) is 100 Å². The van der Waals surface area contributed by atoms with Gasteiger partial charge < -0.3 is 4.90 Å². The highest BCUT2D eigenvalue weighted by Gasteiger charge is 2.42. The molecular formula is C49H41N. The van der Waals surface area contributed by atoms with E-state index in [1.165, 1.54) is 50.1 Å². The summed E-state index contributed by atoms with van der Waals surface area (Å²) in [5.74, 6) is 0.450. The van der Waals surface area contributed by atoms with Crippen LogP contribution in [0.2, 0.25) is 0 Å². The SMILES string of the molecule is CC=CC1(c2ccccc2)CC(C)c2ccc(N(c3ccc(-c4cccc(-c5ccccc5)c4)cc3)c3ccccc3-c3ccccc3)cc21. The standard InChI is InChI=1S/C49H41N/c1-3-32-49(42-22-11-6-12-23-42)35-36(2)45-31-30-44(34-47(45)49)50(48-25-14-13-24-46(48)39-18-9-5-10-19-39)43-28-26-38(27-29-43)41-21-15-20-40(33-41)37-16-7-4-8-17-37/h3-34,36H,35H2,1-2H3. The molecule has 1 heteroatoms. The van der Waals surface area contributed by atoms with Crippen molar-refractivity contribution in [1.82, 2.24) is 0 Å². The van der Waals surface area contributed by atoms with Crippen LogP contribution in [0, 0.1) is 0 Å². The minimum Gasteiger partial charge on any atom is -0.310 e. The van der Waals surface area contributed by atoms with Crippen LogP contribution in [0.5, 0.6) is 0 Å². The van der Waals surface area contributed by atoms with E-state index in [1.807, 2.05) is 0 Å². The molecule has 0 saturated heterocycles. The summed E-state index contributed by atoms with van der Waals surface area (Å²) >= 11 is 0. The number of anilines is 3. The van der Waals surface area contributed by atoms with E-state index in [4.69, 9.17) is 0 Å². The van der Waals surface area contributed by atoms with Crippen LogP contribution in [0.1, 0.15) is 42.9 Å². The Morgan fingerprint density at radius 3 is 1.76 bits per heavy atom. The van der Waals surface area contributed by atoms with Crippen molar-refractivity contribution in [3.8, 4) is 33.4 Å². The first-order chi connectivity index (χ1) is 24.6. The van der Waals surface area contributed by atoms with Gasteiger partial charge in [0, 0.05) is 22.4 Å². The topological polar surface area (TPSA) is 3.24 Å². The average Bonchev–Trinajstić information content (AvgIpc) is 3.47. The number of nitrogens with zero attached hydrogens (tertiary/aromatic N) is 1. The molecule has 0 radical (unpaired) electrons. The molecule has 1 aliphatic rings. The molecule has 0 heterocycles. The van der Waals surface area contributed by atoms with E-state index in [2.05, 4.69) is 213 Å². The second-order valence-electron chi connectivity index (χ2n) is 13.4. The van der Waals surface area contributed by atoms with Crippen LogP contribution in [-0.4, -0.2) is 0 Å². The van der Waals surface area contributed by atoms with E-state index < -0.39 is 0 Å². The Kier molecular flexibility index (Phi) is 8.49. The number of hydrogen-bond acceptors (Lipinski definition) is 1. The highest BCUT2D eigenvalue weighted by molar-refractivity contribution is 5.89. The van der Waals surface area contributed by atoms with Gasteiger partial charge in [0.05, 0.1) is 5.69 Å². The second-order valence-corrected chi connectivity index (χ2v) is 13.4. The minimum absolute atomic E-state index is 0.182. The molecule has 0 aliphatic heterocycles. The van der Waals surface area contributed by atoms with E-state index in [1.54, 1.807) is 0 Å². The summed E-state index contributed by atoms with van der Waals surface area (Å²) in [5, 5.41) is 0. The maximum Gasteiger partial charge on any atom is 0.0540 e.